The van der Waals surface area contributed by atoms with Gasteiger partial charge in [-0.05, 0) is 38.8 Å². The lowest BCUT2D eigenvalue weighted by molar-refractivity contribution is 0.151. The van der Waals surface area contributed by atoms with Crippen molar-refractivity contribution in [3.8, 4) is 0 Å². The summed E-state index contributed by atoms with van der Waals surface area (Å²) in [5.41, 5.74) is 0. The first-order valence-electron chi connectivity index (χ1n) is 6.61. The summed E-state index contributed by atoms with van der Waals surface area (Å²) < 4.78 is 5.17. The van der Waals surface area contributed by atoms with E-state index in [9.17, 15) is 0 Å². The first-order chi connectivity index (χ1) is 7.38. The fourth-order valence-electron chi connectivity index (χ4n) is 2.51. The van der Waals surface area contributed by atoms with Crippen molar-refractivity contribution in [1.82, 2.24) is 4.90 Å². The van der Waals surface area contributed by atoms with Crippen LogP contribution >= 0.6 is 0 Å². The predicted molar refractivity (Wildman–Crippen MR) is 65.2 cm³/mol. The monoisotopic (exact) mass is 213 g/mol. The van der Waals surface area contributed by atoms with E-state index in [2.05, 4.69) is 11.8 Å². The van der Waals surface area contributed by atoms with Crippen molar-refractivity contribution < 1.29 is 4.74 Å². The molecule has 1 aliphatic rings. The Kier molecular flexibility index (Phi) is 7.03. The second kappa shape index (κ2) is 8.12. The molecule has 1 heterocycles. The lowest BCUT2D eigenvalue weighted by atomic mass is 10.1. The van der Waals surface area contributed by atoms with Gasteiger partial charge in [0.05, 0.1) is 0 Å². The van der Waals surface area contributed by atoms with E-state index in [1.54, 1.807) is 7.11 Å². The zero-order valence-corrected chi connectivity index (χ0v) is 10.5. The van der Waals surface area contributed by atoms with E-state index in [0.29, 0.717) is 0 Å². The van der Waals surface area contributed by atoms with Crippen LogP contribution in [0.15, 0.2) is 0 Å². The topological polar surface area (TPSA) is 12.5 Å². The molecule has 0 saturated carbocycles. The molecule has 0 bridgehead atoms. The standard InChI is InChI=1S/C13H27NO/c1-3-4-5-6-10-14-11-7-8-13(14)9-12-15-2/h13H,3-12H2,1-2H3/t13-/m0/s1. The van der Waals surface area contributed by atoms with Gasteiger partial charge in [-0.1, -0.05) is 26.2 Å². The molecule has 0 unspecified atom stereocenters. The minimum Gasteiger partial charge on any atom is -0.385 e. The zero-order valence-electron chi connectivity index (χ0n) is 10.5. The molecule has 0 N–H and O–H groups in total. The average Bonchev–Trinajstić information content (AvgIpc) is 2.69. The van der Waals surface area contributed by atoms with Crippen LogP contribution in [-0.2, 0) is 4.74 Å². The summed E-state index contributed by atoms with van der Waals surface area (Å²) in [6.07, 6.45) is 9.54. The van der Waals surface area contributed by atoms with E-state index in [1.165, 1.54) is 58.0 Å². The molecule has 0 aromatic heterocycles. The molecule has 0 spiro atoms. The first-order valence-corrected chi connectivity index (χ1v) is 6.61. The molecular formula is C13H27NO. The summed E-state index contributed by atoms with van der Waals surface area (Å²) in [4.78, 5) is 2.68. The molecule has 1 saturated heterocycles. The Morgan fingerprint density at radius 2 is 2.13 bits per heavy atom. The summed E-state index contributed by atoms with van der Waals surface area (Å²) in [5, 5.41) is 0. The van der Waals surface area contributed by atoms with Crippen LogP contribution < -0.4 is 0 Å². The Hall–Kier alpha value is -0.0800. The largest absolute Gasteiger partial charge is 0.385 e. The SMILES string of the molecule is CCCCCCN1CCC[C@H]1CCOC. The number of nitrogens with zero attached hydrogens (tertiary/aromatic N) is 1. The summed E-state index contributed by atoms with van der Waals surface area (Å²) in [5.74, 6) is 0. The zero-order chi connectivity index (χ0) is 10.9. The van der Waals surface area contributed by atoms with Gasteiger partial charge >= 0.3 is 0 Å². The number of unbranched alkanes of at least 4 members (excludes halogenated alkanes) is 3. The van der Waals surface area contributed by atoms with Gasteiger partial charge < -0.3 is 9.64 Å². The summed E-state index contributed by atoms with van der Waals surface area (Å²) in [6.45, 7) is 5.84. The highest BCUT2D eigenvalue weighted by Crippen LogP contribution is 2.20. The Morgan fingerprint density at radius 1 is 1.27 bits per heavy atom. The van der Waals surface area contributed by atoms with Gasteiger partial charge in [-0.25, -0.2) is 0 Å². The van der Waals surface area contributed by atoms with E-state index in [1.807, 2.05) is 0 Å². The fraction of sp³-hybridized carbons (Fsp3) is 1.00. The highest BCUT2D eigenvalue weighted by molar-refractivity contribution is 4.78. The maximum absolute atomic E-state index is 5.17. The molecule has 2 nitrogen and oxygen atoms in total. The first kappa shape index (κ1) is 13.0. The Morgan fingerprint density at radius 3 is 2.87 bits per heavy atom. The fourth-order valence-corrected chi connectivity index (χ4v) is 2.51. The van der Waals surface area contributed by atoms with Crippen molar-refractivity contribution in [1.29, 1.82) is 0 Å². The number of hydrogen-bond acceptors (Lipinski definition) is 2. The number of rotatable bonds is 8. The van der Waals surface area contributed by atoms with Gasteiger partial charge in [0, 0.05) is 19.8 Å². The van der Waals surface area contributed by atoms with Crippen molar-refractivity contribution in [3.05, 3.63) is 0 Å². The molecule has 1 rings (SSSR count). The molecule has 1 fully saturated rings. The number of ether oxygens (including phenoxy) is 1. The number of methoxy groups -OCH3 is 1. The van der Waals surface area contributed by atoms with Crippen molar-refractivity contribution in [2.45, 2.75) is 57.9 Å². The molecular weight excluding hydrogens is 186 g/mol. The van der Waals surface area contributed by atoms with Gasteiger partial charge in [0.1, 0.15) is 0 Å². The van der Waals surface area contributed by atoms with Crippen LogP contribution in [0.4, 0.5) is 0 Å². The Bertz CT molecular complexity index is 149. The predicted octanol–water partition coefficient (Wildman–Crippen LogP) is 3.07. The quantitative estimate of drug-likeness (QED) is 0.575. The van der Waals surface area contributed by atoms with Crippen LogP contribution in [-0.4, -0.2) is 37.7 Å². The van der Waals surface area contributed by atoms with Crippen LogP contribution in [0.3, 0.4) is 0 Å². The van der Waals surface area contributed by atoms with E-state index < -0.39 is 0 Å². The Labute approximate surface area is 95.0 Å². The minimum atomic E-state index is 0.812. The van der Waals surface area contributed by atoms with Gasteiger partial charge in [-0.3, -0.25) is 0 Å². The molecule has 15 heavy (non-hydrogen) atoms. The van der Waals surface area contributed by atoms with Crippen molar-refractivity contribution in [3.63, 3.8) is 0 Å². The highest BCUT2D eigenvalue weighted by atomic mass is 16.5. The van der Waals surface area contributed by atoms with Crippen LogP contribution in [0, 0.1) is 0 Å². The summed E-state index contributed by atoms with van der Waals surface area (Å²) in [6, 6.07) is 0.812. The molecule has 0 aliphatic carbocycles. The van der Waals surface area contributed by atoms with E-state index in [4.69, 9.17) is 4.74 Å². The molecule has 0 aromatic rings. The van der Waals surface area contributed by atoms with Crippen molar-refractivity contribution >= 4 is 0 Å². The number of likely N-dealkylation sites (tertiary alicyclic amines) is 1. The smallest absolute Gasteiger partial charge is 0.0477 e. The molecule has 1 atom stereocenters. The van der Waals surface area contributed by atoms with Crippen LogP contribution in [0.1, 0.15) is 51.9 Å². The molecule has 90 valence electrons. The van der Waals surface area contributed by atoms with Crippen LogP contribution in [0.5, 0.6) is 0 Å². The van der Waals surface area contributed by atoms with Gasteiger partial charge in [-0.15, -0.1) is 0 Å². The van der Waals surface area contributed by atoms with E-state index >= 15 is 0 Å². The lowest BCUT2D eigenvalue weighted by Crippen LogP contribution is -2.31. The molecule has 0 amide bonds. The second-order valence-electron chi connectivity index (χ2n) is 4.67. The van der Waals surface area contributed by atoms with Gasteiger partial charge in [0.25, 0.3) is 0 Å². The maximum atomic E-state index is 5.17. The average molecular weight is 213 g/mol. The molecule has 2 heteroatoms. The van der Waals surface area contributed by atoms with Crippen molar-refractivity contribution in [2.24, 2.45) is 0 Å². The summed E-state index contributed by atoms with van der Waals surface area (Å²) in [7, 11) is 1.81. The van der Waals surface area contributed by atoms with Crippen LogP contribution in [0.2, 0.25) is 0 Å². The summed E-state index contributed by atoms with van der Waals surface area (Å²) >= 11 is 0. The normalized spacial score (nSPS) is 22.4. The minimum absolute atomic E-state index is 0.812. The van der Waals surface area contributed by atoms with E-state index in [0.717, 1.165) is 12.6 Å². The second-order valence-corrected chi connectivity index (χ2v) is 4.67. The lowest BCUT2D eigenvalue weighted by Gasteiger charge is -2.24. The van der Waals surface area contributed by atoms with E-state index in [-0.39, 0.29) is 0 Å². The molecule has 0 radical (unpaired) electrons. The maximum Gasteiger partial charge on any atom is 0.0477 e. The molecule has 0 aromatic carbocycles. The third-order valence-electron chi connectivity index (χ3n) is 3.45. The van der Waals surface area contributed by atoms with Gasteiger partial charge in [0.15, 0.2) is 0 Å². The number of hydrogen-bond donors (Lipinski definition) is 0. The van der Waals surface area contributed by atoms with Crippen LogP contribution in [0.25, 0.3) is 0 Å². The van der Waals surface area contributed by atoms with Gasteiger partial charge in [-0.2, -0.15) is 0 Å². The van der Waals surface area contributed by atoms with Gasteiger partial charge in [0.2, 0.25) is 0 Å². The molecule has 1 aliphatic heterocycles. The third-order valence-corrected chi connectivity index (χ3v) is 3.45. The van der Waals surface area contributed by atoms with Crippen molar-refractivity contribution in [2.75, 3.05) is 26.8 Å². The Balaban J connectivity index is 2.09. The third kappa shape index (κ3) is 4.98. The highest BCUT2D eigenvalue weighted by Gasteiger charge is 2.22.